The van der Waals surface area contributed by atoms with E-state index in [1.54, 1.807) is 31.2 Å². The van der Waals surface area contributed by atoms with Crippen molar-refractivity contribution >= 4 is 11.6 Å². The van der Waals surface area contributed by atoms with Crippen LogP contribution < -0.4 is 0 Å². The van der Waals surface area contributed by atoms with E-state index < -0.39 is 24.4 Å². The predicted molar refractivity (Wildman–Crippen MR) is 108 cm³/mol. The first kappa shape index (κ1) is 21.7. The Hall–Kier alpha value is -1.55. The lowest BCUT2D eigenvalue weighted by molar-refractivity contribution is -0.166. The second kappa shape index (κ2) is 8.90. The molecule has 164 valence electrons. The molecular formula is C21H27ClN2O6. The van der Waals surface area contributed by atoms with Crippen LogP contribution in [0.2, 0.25) is 5.02 Å². The molecule has 2 fully saturated rings. The number of epoxide rings is 1. The summed E-state index contributed by atoms with van der Waals surface area (Å²) in [6, 6.07) is 7.04. The zero-order valence-corrected chi connectivity index (χ0v) is 17.6. The molecule has 8 atom stereocenters. The van der Waals surface area contributed by atoms with E-state index in [2.05, 4.69) is 10.2 Å². The van der Waals surface area contributed by atoms with Gasteiger partial charge >= 0.3 is 0 Å². The number of hydrogen-bond acceptors (Lipinski definition) is 8. The third kappa shape index (κ3) is 4.69. The van der Waals surface area contributed by atoms with E-state index >= 15 is 0 Å². The van der Waals surface area contributed by atoms with Crippen molar-refractivity contribution in [3.8, 4) is 11.5 Å². The van der Waals surface area contributed by atoms with Crippen LogP contribution in [0.25, 0.3) is 11.5 Å². The molecule has 0 aliphatic carbocycles. The van der Waals surface area contributed by atoms with E-state index in [0.29, 0.717) is 29.8 Å². The van der Waals surface area contributed by atoms with E-state index in [1.165, 1.54) is 0 Å². The maximum absolute atomic E-state index is 10.6. The quantitative estimate of drug-likeness (QED) is 0.560. The first-order valence-electron chi connectivity index (χ1n) is 10.2. The molecule has 0 spiro atoms. The van der Waals surface area contributed by atoms with Crippen LogP contribution in [0.15, 0.2) is 28.7 Å². The third-order valence-electron chi connectivity index (χ3n) is 6.11. The monoisotopic (exact) mass is 438 g/mol. The van der Waals surface area contributed by atoms with Gasteiger partial charge in [0.25, 0.3) is 0 Å². The number of ether oxygens (including phenoxy) is 2. The van der Waals surface area contributed by atoms with Gasteiger partial charge < -0.3 is 29.2 Å². The van der Waals surface area contributed by atoms with Crippen molar-refractivity contribution < 1.29 is 29.2 Å². The Balaban J connectivity index is 1.32. The summed E-state index contributed by atoms with van der Waals surface area (Å²) in [6.45, 7) is 3.99. The molecule has 0 saturated carbocycles. The zero-order valence-electron chi connectivity index (χ0n) is 16.9. The van der Waals surface area contributed by atoms with Crippen LogP contribution >= 0.6 is 11.6 Å². The molecule has 8 nitrogen and oxygen atoms in total. The van der Waals surface area contributed by atoms with Crippen LogP contribution in [0.3, 0.4) is 0 Å². The number of halogens is 1. The molecule has 9 heteroatoms. The fourth-order valence-corrected chi connectivity index (χ4v) is 4.06. The minimum absolute atomic E-state index is 0.0169. The Bertz CT molecular complexity index is 844. The van der Waals surface area contributed by atoms with E-state index in [0.717, 1.165) is 5.56 Å². The van der Waals surface area contributed by atoms with Gasteiger partial charge in [0.05, 0.1) is 43.5 Å². The molecule has 4 rings (SSSR count). The van der Waals surface area contributed by atoms with Crippen LogP contribution in [-0.4, -0.2) is 68.7 Å². The lowest BCUT2D eigenvalue weighted by Crippen LogP contribution is -2.51. The molecule has 1 aromatic heterocycles. The van der Waals surface area contributed by atoms with Gasteiger partial charge in [-0.15, -0.1) is 10.2 Å². The van der Waals surface area contributed by atoms with Crippen molar-refractivity contribution in [2.45, 2.75) is 63.3 Å². The molecule has 0 bridgehead atoms. The highest BCUT2D eigenvalue weighted by Crippen LogP contribution is 2.38. The topological polar surface area (TPSA) is 121 Å². The third-order valence-corrected chi connectivity index (χ3v) is 6.36. The van der Waals surface area contributed by atoms with Gasteiger partial charge in [0.2, 0.25) is 11.8 Å². The van der Waals surface area contributed by atoms with Crippen molar-refractivity contribution in [1.29, 1.82) is 0 Å². The second-order valence-electron chi connectivity index (χ2n) is 8.30. The molecule has 3 heterocycles. The maximum Gasteiger partial charge on any atom is 0.247 e. The van der Waals surface area contributed by atoms with Crippen LogP contribution in [0, 0.1) is 11.8 Å². The Labute approximate surface area is 179 Å². The van der Waals surface area contributed by atoms with Gasteiger partial charge in [-0.25, -0.2) is 0 Å². The molecule has 30 heavy (non-hydrogen) atoms. The zero-order chi connectivity index (χ0) is 21.4. The normalized spacial score (nSPS) is 33.3. The van der Waals surface area contributed by atoms with Gasteiger partial charge in [-0.3, -0.25) is 0 Å². The molecule has 2 aromatic rings. The molecule has 2 aliphatic rings. The van der Waals surface area contributed by atoms with E-state index in [1.807, 2.05) is 6.92 Å². The summed E-state index contributed by atoms with van der Waals surface area (Å²) in [6.07, 6.45) is -2.36. The van der Waals surface area contributed by atoms with Crippen molar-refractivity contribution in [3.05, 3.63) is 35.2 Å². The van der Waals surface area contributed by atoms with E-state index in [-0.39, 0.29) is 30.5 Å². The fraction of sp³-hybridized carbons (Fsp3) is 0.619. The van der Waals surface area contributed by atoms with Gasteiger partial charge in [-0.05, 0) is 37.6 Å². The van der Waals surface area contributed by atoms with Gasteiger partial charge in [0.1, 0.15) is 6.10 Å². The predicted octanol–water partition coefficient (Wildman–Crippen LogP) is 1.84. The van der Waals surface area contributed by atoms with Gasteiger partial charge in [0, 0.05) is 22.4 Å². The summed E-state index contributed by atoms with van der Waals surface area (Å²) in [5.74, 6) is 0.474. The van der Waals surface area contributed by atoms with E-state index in [9.17, 15) is 15.3 Å². The average molecular weight is 439 g/mol. The molecule has 3 N–H and O–H groups in total. The van der Waals surface area contributed by atoms with Crippen molar-refractivity contribution in [2.75, 3.05) is 6.61 Å². The molecule has 2 aliphatic heterocycles. The van der Waals surface area contributed by atoms with Crippen LogP contribution in [0.4, 0.5) is 0 Å². The first-order chi connectivity index (χ1) is 14.3. The maximum atomic E-state index is 10.6. The van der Waals surface area contributed by atoms with Crippen molar-refractivity contribution in [3.63, 3.8) is 0 Å². The van der Waals surface area contributed by atoms with Crippen LogP contribution in [0.5, 0.6) is 0 Å². The highest BCUT2D eigenvalue weighted by molar-refractivity contribution is 6.30. The summed E-state index contributed by atoms with van der Waals surface area (Å²) in [5, 5.41) is 39.5. The molecular weight excluding hydrogens is 412 g/mol. The number of benzene rings is 1. The van der Waals surface area contributed by atoms with Crippen molar-refractivity contribution in [1.82, 2.24) is 10.2 Å². The fourth-order valence-electron chi connectivity index (χ4n) is 3.93. The number of nitrogens with zero attached hydrogens (tertiary/aromatic N) is 2. The summed E-state index contributed by atoms with van der Waals surface area (Å²) < 4.78 is 17.1. The molecule has 2 saturated heterocycles. The van der Waals surface area contributed by atoms with Crippen LogP contribution in [0.1, 0.15) is 26.2 Å². The minimum atomic E-state index is -1.07. The lowest BCUT2D eigenvalue weighted by atomic mass is 9.86. The second-order valence-corrected chi connectivity index (χ2v) is 8.74. The Morgan fingerprint density at radius 1 is 1.10 bits per heavy atom. The summed E-state index contributed by atoms with van der Waals surface area (Å²) in [7, 11) is 0. The highest BCUT2D eigenvalue weighted by Gasteiger charge is 2.48. The molecule has 0 unspecified atom stereocenters. The van der Waals surface area contributed by atoms with Gasteiger partial charge in [-0.2, -0.15) is 0 Å². The molecule has 0 radical (unpaired) electrons. The standard InChI is InChI=1S/C21H27ClN2O6/c1-10(11(2)25)20-16(29-20)7-13-9-28-15(19(27)18(13)26)8-17-23-24-21(30-17)12-3-5-14(22)6-4-12/h3-6,10-11,13,15-16,18-20,25-27H,7-9H2,1-2H3/t10-,11-,13-,15-,16-,18+,19-,20-/m0/s1. The van der Waals surface area contributed by atoms with Gasteiger partial charge in [0.15, 0.2) is 0 Å². The largest absolute Gasteiger partial charge is 0.421 e. The average Bonchev–Trinajstić information content (AvgIpc) is 3.33. The lowest BCUT2D eigenvalue weighted by Gasteiger charge is -2.37. The molecule has 1 aromatic carbocycles. The smallest absolute Gasteiger partial charge is 0.247 e. The van der Waals surface area contributed by atoms with Crippen molar-refractivity contribution in [2.24, 2.45) is 11.8 Å². The number of rotatable bonds is 7. The Kier molecular flexibility index (Phi) is 6.43. The Morgan fingerprint density at radius 3 is 2.53 bits per heavy atom. The number of aliphatic hydroxyl groups is 3. The first-order valence-corrected chi connectivity index (χ1v) is 10.6. The Morgan fingerprint density at radius 2 is 1.83 bits per heavy atom. The summed E-state index contributed by atoms with van der Waals surface area (Å²) >= 11 is 5.89. The molecule has 0 amide bonds. The summed E-state index contributed by atoms with van der Waals surface area (Å²) in [4.78, 5) is 0. The van der Waals surface area contributed by atoms with Crippen LogP contribution in [-0.2, 0) is 15.9 Å². The number of hydrogen-bond donors (Lipinski definition) is 3. The minimum Gasteiger partial charge on any atom is -0.421 e. The highest BCUT2D eigenvalue weighted by atomic mass is 35.5. The number of aliphatic hydroxyl groups excluding tert-OH is 3. The van der Waals surface area contributed by atoms with Gasteiger partial charge in [-0.1, -0.05) is 18.5 Å². The van der Waals surface area contributed by atoms with E-state index in [4.69, 9.17) is 25.5 Å². The summed E-state index contributed by atoms with van der Waals surface area (Å²) in [5.41, 5.74) is 0.744. The number of aromatic nitrogens is 2. The SMILES string of the molecule is C[C@H]([C@@H]1O[C@H]1C[C@H]1CO[C@@H](Cc2nnc(-c3ccc(Cl)cc3)o2)[C@H](O)[C@@H]1O)[C@H](C)O.